The van der Waals surface area contributed by atoms with Crippen molar-refractivity contribution < 1.29 is 27.4 Å². The van der Waals surface area contributed by atoms with Crippen molar-refractivity contribution in [1.29, 1.82) is 0 Å². The molecule has 2 rings (SSSR count). The summed E-state index contributed by atoms with van der Waals surface area (Å²) in [5, 5.41) is 3.61. The molecule has 0 aliphatic rings. The van der Waals surface area contributed by atoms with Gasteiger partial charge in [-0.15, -0.1) is 0 Å². The maximum absolute atomic E-state index is 12.6. The Hall–Kier alpha value is -3.03. The minimum Gasteiger partial charge on any atom is -0.497 e. The number of carbonyl (C=O) groups excluding carboxylic acids is 1. The van der Waals surface area contributed by atoms with Gasteiger partial charge in [-0.25, -0.2) is 5.43 Å². The van der Waals surface area contributed by atoms with E-state index in [4.69, 9.17) is 9.47 Å². The van der Waals surface area contributed by atoms with Crippen LogP contribution in [0.3, 0.4) is 0 Å². The Morgan fingerprint density at radius 3 is 2.48 bits per heavy atom. The summed E-state index contributed by atoms with van der Waals surface area (Å²) in [6.07, 6.45) is -3.31. The number of ether oxygens (including phenoxy) is 2. The highest BCUT2D eigenvalue weighted by Crippen LogP contribution is 2.29. The number of hydrogen-bond acceptors (Lipinski definition) is 4. The van der Waals surface area contributed by atoms with Gasteiger partial charge >= 0.3 is 6.18 Å². The zero-order valence-electron chi connectivity index (χ0n) is 13.2. The Balaban J connectivity index is 1.84. The van der Waals surface area contributed by atoms with Crippen LogP contribution in [0.15, 0.2) is 53.6 Å². The van der Waals surface area contributed by atoms with Crippen LogP contribution < -0.4 is 14.9 Å². The smallest absolute Gasteiger partial charge is 0.416 e. The minimum atomic E-state index is -4.43. The second-order valence-corrected chi connectivity index (χ2v) is 4.88. The number of halogens is 3. The standard InChI is InChI=1S/C17H15F3N2O3/c1-24-14-5-7-15(8-6-14)25-11-16(23)22-21-10-12-3-2-4-13(9-12)17(18,19)20/h2-10H,11H2,1H3,(H,22,23). The number of rotatable bonds is 6. The molecule has 0 radical (unpaired) electrons. The van der Waals surface area contributed by atoms with E-state index >= 15 is 0 Å². The van der Waals surface area contributed by atoms with Crippen LogP contribution in [-0.4, -0.2) is 25.8 Å². The largest absolute Gasteiger partial charge is 0.497 e. The van der Waals surface area contributed by atoms with E-state index in [2.05, 4.69) is 10.5 Å². The van der Waals surface area contributed by atoms with Crippen molar-refractivity contribution in [2.45, 2.75) is 6.18 Å². The maximum Gasteiger partial charge on any atom is 0.416 e. The molecule has 0 fully saturated rings. The molecule has 0 aliphatic carbocycles. The average Bonchev–Trinajstić information content (AvgIpc) is 2.60. The molecule has 1 amide bonds. The van der Waals surface area contributed by atoms with Crippen molar-refractivity contribution >= 4 is 12.1 Å². The molecular weight excluding hydrogens is 337 g/mol. The molecule has 1 N–H and O–H groups in total. The van der Waals surface area contributed by atoms with Crippen molar-refractivity contribution in [2.24, 2.45) is 5.10 Å². The first-order valence-electron chi connectivity index (χ1n) is 7.14. The van der Waals surface area contributed by atoms with Gasteiger partial charge in [-0.2, -0.15) is 18.3 Å². The predicted molar refractivity (Wildman–Crippen MR) is 85.7 cm³/mol. The average molecular weight is 352 g/mol. The summed E-state index contributed by atoms with van der Waals surface area (Å²) in [4.78, 5) is 11.6. The van der Waals surface area contributed by atoms with E-state index in [0.717, 1.165) is 18.3 Å². The number of benzene rings is 2. The summed E-state index contributed by atoms with van der Waals surface area (Å²) in [6.45, 7) is -0.285. The third kappa shape index (κ3) is 5.83. The third-order valence-corrected chi connectivity index (χ3v) is 3.05. The fourth-order valence-corrected chi connectivity index (χ4v) is 1.83. The van der Waals surface area contributed by atoms with Crippen molar-refractivity contribution in [1.82, 2.24) is 5.43 Å². The highest BCUT2D eigenvalue weighted by atomic mass is 19.4. The normalized spacial score (nSPS) is 11.4. The van der Waals surface area contributed by atoms with Crippen LogP contribution in [0, 0.1) is 0 Å². The predicted octanol–water partition coefficient (Wildman–Crippen LogP) is 3.24. The molecule has 0 bridgehead atoms. The van der Waals surface area contributed by atoms with Gasteiger partial charge in [0.05, 0.1) is 18.9 Å². The number of alkyl halides is 3. The van der Waals surface area contributed by atoms with Gasteiger partial charge in [-0.05, 0) is 42.0 Å². The molecular formula is C17H15F3N2O3. The first kappa shape index (κ1) is 18.3. The molecule has 0 aromatic heterocycles. The van der Waals surface area contributed by atoms with Crippen molar-refractivity contribution in [3.8, 4) is 11.5 Å². The number of nitrogens with one attached hydrogen (secondary N) is 1. The SMILES string of the molecule is COc1ccc(OCC(=O)NN=Cc2cccc(C(F)(F)F)c2)cc1. The third-order valence-electron chi connectivity index (χ3n) is 3.05. The molecule has 0 saturated heterocycles. The summed E-state index contributed by atoms with van der Waals surface area (Å²) >= 11 is 0. The van der Waals surface area contributed by atoms with Gasteiger partial charge in [0, 0.05) is 0 Å². The van der Waals surface area contributed by atoms with Crippen LogP contribution in [0.1, 0.15) is 11.1 Å². The van der Waals surface area contributed by atoms with Gasteiger partial charge in [0.2, 0.25) is 0 Å². The number of hydrazone groups is 1. The maximum atomic E-state index is 12.6. The summed E-state index contributed by atoms with van der Waals surface area (Å²) in [5.41, 5.74) is 1.61. The lowest BCUT2D eigenvalue weighted by Crippen LogP contribution is -2.24. The summed E-state index contributed by atoms with van der Waals surface area (Å²) in [5.74, 6) is 0.583. The summed E-state index contributed by atoms with van der Waals surface area (Å²) in [7, 11) is 1.53. The van der Waals surface area contributed by atoms with E-state index in [1.807, 2.05) is 0 Å². The van der Waals surface area contributed by atoms with Gasteiger partial charge in [0.1, 0.15) is 11.5 Å². The first-order valence-corrected chi connectivity index (χ1v) is 7.14. The van der Waals surface area contributed by atoms with E-state index in [1.54, 1.807) is 24.3 Å². The highest BCUT2D eigenvalue weighted by Gasteiger charge is 2.30. The summed E-state index contributed by atoms with van der Waals surface area (Å²) < 4.78 is 48.0. The van der Waals surface area contributed by atoms with Crippen LogP contribution in [-0.2, 0) is 11.0 Å². The molecule has 0 unspecified atom stereocenters. The number of nitrogens with zero attached hydrogens (tertiary/aromatic N) is 1. The monoisotopic (exact) mass is 352 g/mol. The Kier molecular flexibility index (Phi) is 5.99. The topological polar surface area (TPSA) is 59.9 Å². The molecule has 132 valence electrons. The molecule has 0 heterocycles. The lowest BCUT2D eigenvalue weighted by molar-refractivity contribution is -0.137. The van der Waals surface area contributed by atoms with Crippen LogP contribution in [0.5, 0.6) is 11.5 Å². The second-order valence-electron chi connectivity index (χ2n) is 4.88. The zero-order chi connectivity index (χ0) is 18.3. The van der Waals surface area contributed by atoms with Crippen LogP contribution in [0.25, 0.3) is 0 Å². The Morgan fingerprint density at radius 1 is 1.16 bits per heavy atom. The van der Waals surface area contributed by atoms with Gasteiger partial charge in [0.15, 0.2) is 6.61 Å². The molecule has 8 heteroatoms. The highest BCUT2D eigenvalue weighted by molar-refractivity contribution is 5.83. The fraction of sp³-hybridized carbons (Fsp3) is 0.176. The van der Waals surface area contributed by atoms with Gasteiger partial charge < -0.3 is 9.47 Å². The van der Waals surface area contributed by atoms with Gasteiger partial charge in [-0.3, -0.25) is 4.79 Å². The van der Waals surface area contributed by atoms with Crippen molar-refractivity contribution in [2.75, 3.05) is 13.7 Å². The lowest BCUT2D eigenvalue weighted by atomic mass is 10.1. The Bertz CT molecular complexity index is 744. The molecule has 5 nitrogen and oxygen atoms in total. The molecule has 0 aliphatic heterocycles. The summed E-state index contributed by atoms with van der Waals surface area (Å²) in [6, 6.07) is 11.2. The number of methoxy groups -OCH3 is 1. The molecule has 25 heavy (non-hydrogen) atoms. The van der Waals surface area contributed by atoms with Crippen molar-refractivity contribution in [3.05, 3.63) is 59.7 Å². The number of carbonyl (C=O) groups is 1. The van der Waals surface area contributed by atoms with Gasteiger partial charge in [0.25, 0.3) is 5.91 Å². The van der Waals surface area contributed by atoms with Gasteiger partial charge in [-0.1, -0.05) is 12.1 Å². The van der Waals surface area contributed by atoms with E-state index in [9.17, 15) is 18.0 Å². The number of hydrogen-bond donors (Lipinski definition) is 1. The second kappa shape index (κ2) is 8.18. The Labute approximate surface area is 142 Å². The fourth-order valence-electron chi connectivity index (χ4n) is 1.83. The van der Waals surface area contributed by atoms with Crippen LogP contribution in [0.2, 0.25) is 0 Å². The Morgan fingerprint density at radius 2 is 1.84 bits per heavy atom. The molecule has 0 atom stereocenters. The molecule has 0 saturated carbocycles. The number of amides is 1. The van der Waals surface area contributed by atoms with Crippen LogP contribution >= 0.6 is 0 Å². The molecule has 0 spiro atoms. The van der Waals surface area contributed by atoms with Crippen LogP contribution in [0.4, 0.5) is 13.2 Å². The minimum absolute atomic E-state index is 0.214. The molecule has 2 aromatic rings. The van der Waals surface area contributed by atoms with E-state index in [0.29, 0.717) is 11.5 Å². The van der Waals surface area contributed by atoms with E-state index in [-0.39, 0.29) is 12.2 Å². The van der Waals surface area contributed by atoms with Crippen molar-refractivity contribution in [3.63, 3.8) is 0 Å². The quantitative estimate of drug-likeness (QED) is 0.641. The lowest BCUT2D eigenvalue weighted by Gasteiger charge is -2.07. The first-order chi connectivity index (χ1) is 11.9. The van der Waals surface area contributed by atoms with E-state index in [1.165, 1.54) is 19.2 Å². The van der Waals surface area contributed by atoms with E-state index < -0.39 is 17.6 Å². The molecule has 2 aromatic carbocycles. The zero-order valence-corrected chi connectivity index (χ0v) is 13.2.